The number of hydrogen-bond donors (Lipinski definition) is 3. The van der Waals surface area contributed by atoms with E-state index in [9.17, 15) is 4.79 Å². The van der Waals surface area contributed by atoms with Crippen LogP contribution in [0, 0.1) is 0 Å². The number of benzene rings is 1. The fourth-order valence-corrected chi connectivity index (χ4v) is 3.35. The summed E-state index contributed by atoms with van der Waals surface area (Å²) in [4.78, 5) is 16.4. The topological polar surface area (TPSA) is 93.2 Å². The minimum Gasteiger partial charge on any atom is -0.379 e. The number of anilines is 1. The number of nitrogens with one attached hydrogen (secondary N) is 3. The highest BCUT2D eigenvalue weighted by Gasteiger charge is 2.23. The van der Waals surface area contributed by atoms with E-state index in [-0.39, 0.29) is 18.1 Å². The number of amides is 1. The van der Waals surface area contributed by atoms with E-state index in [2.05, 4.69) is 20.9 Å². The van der Waals surface area contributed by atoms with Gasteiger partial charge in [-0.05, 0) is 43.4 Å². The zero-order chi connectivity index (χ0) is 20.3. The van der Waals surface area contributed by atoms with Crippen molar-refractivity contribution in [3.8, 4) is 0 Å². The zero-order valence-electron chi connectivity index (χ0n) is 17.1. The number of hydrogen-bond acceptors (Lipinski definition) is 5. The van der Waals surface area contributed by atoms with Crippen LogP contribution in [0.4, 0.5) is 5.69 Å². The summed E-state index contributed by atoms with van der Waals surface area (Å²) in [5.74, 6) is 0.666. The van der Waals surface area contributed by atoms with Crippen LogP contribution < -0.4 is 16.0 Å². The van der Waals surface area contributed by atoms with Gasteiger partial charge in [0, 0.05) is 45.6 Å². The molecule has 29 heavy (non-hydrogen) atoms. The number of guanidine groups is 1. The van der Waals surface area contributed by atoms with Gasteiger partial charge in [0.1, 0.15) is 6.10 Å². The second-order valence-electron chi connectivity index (χ2n) is 7.25. The summed E-state index contributed by atoms with van der Waals surface area (Å²) in [6, 6.07) is 7.80. The third-order valence-electron chi connectivity index (χ3n) is 4.96. The predicted octanol–water partition coefficient (Wildman–Crippen LogP) is 1.66. The van der Waals surface area contributed by atoms with E-state index in [1.165, 1.54) is 0 Å². The molecule has 2 aliphatic rings. The highest BCUT2D eigenvalue weighted by molar-refractivity contribution is 5.94. The number of carbonyl (C=O) groups excluding carboxylic acids is 1. The van der Waals surface area contributed by atoms with Crippen LogP contribution in [0.3, 0.4) is 0 Å². The van der Waals surface area contributed by atoms with Crippen molar-refractivity contribution in [2.24, 2.45) is 4.99 Å². The third-order valence-corrected chi connectivity index (χ3v) is 4.96. The molecule has 0 aromatic heterocycles. The molecule has 3 N–H and O–H groups in total. The van der Waals surface area contributed by atoms with Gasteiger partial charge in [-0.15, -0.1) is 0 Å². The number of aliphatic imine (C=N–C) groups is 1. The number of rotatable bonds is 9. The number of carbonyl (C=O) groups is 1. The Morgan fingerprint density at radius 2 is 2.21 bits per heavy atom. The predicted molar refractivity (Wildman–Crippen MR) is 112 cm³/mol. The van der Waals surface area contributed by atoms with Crippen molar-refractivity contribution < 1.29 is 19.0 Å². The smallest absolute Gasteiger partial charge is 0.253 e. The van der Waals surface area contributed by atoms with Crippen LogP contribution in [0.1, 0.15) is 31.2 Å². The first-order valence-electron chi connectivity index (χ1n) is 10.4. The summed E-state index contributed by atoms with van der Waals surface area (Å²) in [6.07, 6.45) is 3.54. The molecule has 0 saturated carbocycles. The Hall–Kier alpha value is -2.16. The Bertz CT molecular complexity index is 670. The fourth-order valence-electron chi connectivity index (χ4n) is 3.35. The van der Waals surface area contributed by atoms with Gasteiger partial charge in [0.2, 0.25) is 0 Å². The van der Waals surface area contributed by atoms with Crippen molar-refractivity contribution in [3.05, 3.63) is 29.8 Å². The van der Waals surface area contributed by atoms with Crippen LogP contribution in [0.5, 0.6) is 0 Å². The summed E-state index contributed by atoms with van der Waals surface area (Å²) in [5.41, 5.74) is 1.84. The van der Waals surface area contributed by atoms with Crippen molar-refractivity contribution >= 4 is 17.6 Å². The van der Waals surface area contributed by atoms with Gasteiger partial charge in [-0.25, -0.2) is 0 Å². The molecular formula is C21H32N4O4. The van der Waals surface area contributed by atoms with Crippen LogP contribution in [0.25, 0.3) is 0 Å². The number of ether oxygens (including phenoxy) is 3. The van der Waals surface area contributed by atoms with E-state index in [1.807, 2.05) is 24.3 Å². The molecule has 3 rings (SSSR count). The van der Waals surface area contributed by atoms with Gasteiger partial charge < -0.3 is 30.2 Å². The van der Waals surface area contributed by atoms with Crippen molar-refractivity contribution in [1.29, 1.82) is 0 Å². The molecule has 8 nitrogen and oxygen atoms in total. The molecule has 2 saturated heterocycles. The van der Waals surface area contributed by atoms with E-state index >= 15 is 0 Å². The minimum atomic E-state index is -0.329. The lowest BCUT2D eigenvalue weighted by Crippen LogP contribution is -2.37. The van der Waals surface area contributed by atoms with E-state index in [0.29, 0.717) is 26.4 Å². The Kier molecular flexibility index (Phi) is 8.73. The maximum atomic E-state index is 12.2. The lowest BCUT2D eigenvalue weighted by atomic mass is 10.2. The molecule has 2 atom stereocenters. The van der Waals surface area contributed by atoms with Gasteiger partial charge in [0.15, 0.2) is 5.96 Å². The first-order valence-corrected chi connectivity index (χ1v) is 10.4. The standard InChI is InChI=1S/C21H32N4O4/c1-22-21(23-9-4-11-28-18-8-12-27-15-18)24-14-16-5-2-6-17(13-16)25-20(26)19-7-3-10-29-19/h2,5-6,13,18-19H,3-4,7-12,14-15H2,1H3,(H,25,26)(H2,22,23,24). The average Bonchev–Trinajstić information content (AvgIpc) is 3.44. The third kappa shape index (κ3) is 7.30. The second-order valence-corrected chi connectivity index (χ2v) is 7.25. The first-order chi connectivity index (χ1) is 14.2. The number of nitrogens with zero attached hydrogens (tertiary/aromatic N) is 1. The maximum absolute atomic E-state index is 12.2. The van der Waals surface area contributed by atoms with E-state index in [4.69, 9.17) is 14.2 Å². The Morgan fingerprint density at radius 1 is 1.28 bits per heavy atom. The Balaban J connectivity index is 1.35. The molecule has 2 aliphatic heterocycles. The Morgan fingerprint density at radius 3 is 2.97 bits per heavy atom. The van der Waals surface area contributed by atoms with Gasteiger partial charge in [0.05, 0.1) is 12.7 Å². The van der Waals surface area contributed by atoms with Crippen molar-refractivity contribution in [2.75, 3.05) is 45.3 Å². The minimum absolute atomic E-state index is 0.0727. The molecule has 0 bridgehead atoms. The van der Waals surface area contributed by atoms with Gasteiger partial charge in [-0.1, -0.05) is 12.1 Å². The lowest BCUT2D eigenvalue weighted by molar-refractivity contribution is -0.124. The Labute approximate surface area is 172 Å². The maximum Gasteiger partial charge on any atom is 0.253 e. The average molecular weight is 405 g/mol. The normalized spacial score (nSPS) is 21.9. The fraction of sp³-hybridized carbons (Fsp3) is 0.619. The zero-order valence-corrected chi connectivity index (χ0v) is 17.1. The van der Waals surface area contributed by atoms with E-state index in [0.717, 1.165) is 56.0 Å². The van der Waals surface area contributed by atoms with Gasteiger partial charge in [0.25, 0.3) is 5.91 Å². The monoisotopic (exact) mass is 404 g/mol. The van der Waals surface area contributed by atoms with Crippen molar-refractivity contribution in [3.63, 3.8) is 0 Å². The highest BCUT2D eigenvalue weighted by Crippen LogP contribution is 2.16. The summed E-state index contributed by atoms with van der Waals surface area (Å²) in [7, 11) is 1.75. The quantitative estimate of drug-likeness (QED) is 0.329. The molecule has 8 heteroatoms. The highest BCUT2D eigenvalue weighted by atomic mass is 16.5. The van der Waals surface area contributed by atoms with Crippen molar-refractivity contribution in [1.82, 2.24) is 10.6 Å². The molecule has 1 amide bonds. The van der Waals surface area contributed by atoms with Crippen molar-refractivity contribution in [2.45, 2.75) is 44.4 Å². The van der Waals surface area contributed by atoms with Gasteiger partial charge >= 0.3 is 0 Å². The van der Waals surface area contributed by atoms with E-state index in [1.54, 1.807) is 7.05 Å². The molecule has 1 aromatic rings. The summed E-state index contributed by atoms with van der Waals surface area (Å²) >= 11 is 0. The first kappa shape index (κ1) is 21.5. The molecule has 1 aromatic carbocycles. The van der Waals surface area contributed by atoms with Gasteiger partial charge in [-0.2, -0.15) is 0 Å². The summed E-state index contributed by atoms with van der Waals surface area (Å²) in [6.45, 7) is 4.28. The summed E-state index contributed by atoms with van der Waals surface area (Å²) in [5, 5.41) is 9.52. The molecule has 0 aliphatic carbocycles. The summed E-state index contributed by atoms with van der Waals surface area (Å²) < 4.78 is 16.5. The molecule has 2 fully saturated rings. The SMILES string of the molecule is CN=C(NCCCOC1CCOC1)NCc1cccc(NC(=O)C2CCCO2)c1. The molecule has 2 unspecified atom stereocenters. The lowest BCUT2D eigenvalue weighted by Gasteiger charge is -2.14. The largest absolute Gasteiger partial charge is 0.379 e. The van der Waals surface area contributed by atoms with Crippen LogP contribution in [-0.2, 0) is 25.5 Å². The van der Waals surface area contributed by atoms with E-state index < -0.39 is 0 Å². The van der Waals surface area contributed by atoms with Crippen LogP contribution in [-0.4, -0.2) is 64.1 Å². The molecular weight excluding hydrogens is 372 g/mol. The van der Waals surface area contributed by atoms with Crippen LogP contribution in [0.15, 0.2) is 29.3 Å². The molecule has 0 radical (unpaired) electrons. The van der Waals surface area contributed by atoms with Crippen LogP contribution >= 0.6 is 0 Å². The molecule has 160 valence electrons. The van der Waals surface area contributed by atoms with Crippen LogP contribution in [0.2, 0.25) is 0 Å². The molecule has 0 spiro atoms. The van der Waals surface area contributed by atoms with Gasteiger partial charge in [-0.3, -0.25) is 9.79 Å². The second kappa shape index (κ2) is 11.7. The molecule has 2 heterocycles.